The first-order chi connectivity index (χ1) is 12.7. The molecule has 0 atom stereocenters. The van der Waals surface area contributed by atoms with Gasteiger partial charge in [0.15, 0.2) is 0 Å². The van der Waals surface area contributed by atoms with Crippen LogP contribution in [-0.2, 0) is 4.79 Å². The lowest BCUT2D eigenvalue weighted by molar-refractivity contribution is -0.121. The van der Waals surface area contributed by atoms with Crippen molar-refractivity contribution in [1.29, 1.82) is 0 Å². The van der Waals surface area contributed by atoms with E-state index in [1.807, 2.05) is 36.4 Å². The van der Waals surface area contributed by atoms with E-state index in [1.54, 1.807) is 11.3 Å². The molecule has 1 heterocycles. The van der Waals surface area contributed by atoms with Crippen LogP contribution in [0.4, 0.5) is 0 Å². The highest BCUT2D eigenvalue weighted by atomic mass is 32.1. The molecule has 0 aliphatic heterocycles. The molecule has 4 fully saturated rings. The van der Waals surface area contributed by atoms with Crippen molar-refractivity contribution in [3.05, 3.63) is 58.3 Å². The van der Waals surface area contributed by atoms with Crippen LogP contribution in [-0.4, -0.2) is 11.4 Å². The molecule has 4 bridgehead atoms. The summed E-state index contributed by atoms with van der Waals surface area (Å²) in [6.07, 6.45) is 9.79. The van der Waals surface area contributed by atoms with Crippen LogP contribution in [0.5, 0.6) is 0 Å². The maximum absolute atomic E-state index is 13.4. The van der Waals surface area contributed by atoms with Gasteiger partial charge >= 0.3 is 0 Å². The monoisotopic (exact) mass is 363 g/mol. The second-order valence-corrected chi connectivity index (χ2v) is 9.57. The second kappa shape index (κ2) is 6.38. The molecule has 1 aromatic heterocycles. The molecule has 2 nitrogen and oxygen atoms in total. The Morgan fingerprint density at radius 3 is 2.19 bits per heavy atom. The molecular formula is C23H25NOS. The van der Waals surface area contributed by atoms with Crippen molar-refractivity contribution in [3.63, 3.8) is 0 Å². The molecule has 4 aliphatic rings. The minimum absolute atomic E-state index is 0.0507. The van der Waals surface area contributed by atoms with E-state index in [0.29, 0.717) is 0 Å². The standard InChI is InChI=1S/C23H25NOS/c25-22(24-23-13-16-9-17(14-23)11-18(10-16)15-23)21(12-20-7-4-8-26-20)19-5-2-1-3-6-19/h1-8,12,16-18H,9-11,13-15H2,(H,24,25). The zero-order chi connectivity index (χ0) is 17.6. The highest BCUT2D eigenvalue weighted by Gasteiger charge is 2.51. The van der Waals surface area contributed by atoms with Gasteiger partial charge in [-0.3, -0.25) is 4.79 Å². The number of carbonyl (C=O) groups excluding carboxylic acids is 1. The SMILES string of the molecule is O=C(NC12CC3CC(CC(C3)C1)C2)C(=Cc1cccs1)c1ccccc1. The van der Waals surface area contributed by atoms with Crippen LogP contribution in [0.2, 0.25) is 0 Å². The van der Waals surface area contributed by atoms with E-state index in [4.69, 9.17) is 0 Å². The van der Waals surface area contributed by atoms with E-state index in [-0.39, 0.29) is 11.4 Å². The van der Waals surface area contributed by atoms with Gasteiger partial charge in [-0.2, -0.15) is 0 Å². The molecule has 26 heavy (non-hydrogen) atoms. The predicted molar refractivity (Wildman–Crippen MR) is 108 cm³/mol. The lowest BCUT2D eigenvalue weighted by Gasteiger charge is -2.57. The molecule has 0 radical (unpaired) electrons. The second-order valence-electron chi connectivity index (χ2n) is 8.59. The first-order valence-corrected chi connectivity index (χ1v) is 10.7. The lowest BCUT2D eigenvalue weighted by atomic mass is 9.53. The number of thiophene rings is 1. The third kappa shape index (κ3) is 3.03. The Hall–Kier alpha value is -1.87. The molecule has 2 aromatic rings. The zero-order valence-electron chi connectivity index (χ0n) is 15.0. The summed E-state index contributed by atoms with van der Waals surface area (Å²) >= 11 is 1.68. The molecule has 0 saturated heterocycles. The smallest absolute Gasteiger partial charge is 0.252 e. The van der Waals surface area contributed by atoms with E-state index in [2.05, 4.69) is 22.8 Å². The van der Waals surface area contributed by atoms with Gasteiger partial charge in [0.05, 0.1) is 0 Å². The fraction of sp³-hybridized carbons (Fsp3) is 0.435. The Balaban J connectivity index is 1.45. The maximum atomic E-state index is 13.4. The minimum atomic E-state index is 0.0507. The van der Waals surface area contributed by atoms with Gasteiger partial charge in [0.25, 0.3) is 5.91 Å². The van der Waals surface area contributed by atoms with Crippen LogP contribution in [0.1, 0.15) is 49.0 Å². The van der Waals surface area contributed by atoms with Crippen LogP contribution >= 0.6 is 11.3 Å². The zero-order valence-corrected chi connectivity index (χ0v) is 15.8. The normalized spacial score (nSPS) is 32.6. The van der Waals surface area contributed by atoms with Crippen molar-refractivity contribution in [1.82, 2.24) is 5.32 Å². The molecule has 0 unspecified atom stereocenters. The number of benzene rings is 1. The van der Waals surface area contributed by atoms with Crippen LogP contribution in [0.3, 0.4) is 0 Å². The quantitative estimate of drug-likeness (QED) is 0.727. The van der Waals surface area contributed by atoms with E-state index >= 15 is 0 Å². The van der Waals surface area contributed by atoms with Crippen LogP contribution < -0.4 is 5.32 Å². The van der Waals surface area contributed by atoms with E-state index in [9.17, 15) is 4.79 Å². The van der Waals surface area contributed by atoms with Crippen LogP contribution in [0.15, 0.2) is 47.8 Å². The van der Waals surface area contributed by atoms with Crippen molar-refractivity contribution in [3.8, 4) is 0 Å². The third-order valence-corrected chi connectivity index (χ3v) is 7.40. The van der Waals surface area contributed by atoms with Crippen LogP contribution in [0, 0.1) is 17.8 Å². The van der Waals surface area contributed by atoms with E-state index < -0.39 is 0 Å². The maximum Gasteiger partial charge on any atom is 0.252 e. The molecule has 4 aliphatic carbocycles. The fourth-order valence-electron chi connectivity index (χ4n) is 5.99. The van der Waals surface area contributed by atoms with Gasteiger partial charge < -0.3 is 5.32 Å². The van der Waals surface area contributed by atoms with Crippen LogP contribution in [0.25, 0.3) is 11.6 Å². The minimum Gasteiger partial charge on any atom is -0.347 e. The Bertz CT molecular complexity index is 786. The lowest BCUT2D eigenvalue weighted by Crippen LogP contribution is -2.59. The summed E-state index contributed by atoms with van der Waals surface area (Å²) in [7, 11) is 0. The molecule has 6 rings (SSSR count). The van der Waals surface area contributed by atoms with Gasteiger partial charge in [-0.15, -0.1) is 11.3 Å². The molecule has 4 saturated carbocycles. The number of amides is 1. The fourth-order valence-corrected chi connectivity index (χ4v) is 6.64. The highest BCUT2D eigenvalue weighted by molar-refractivity contribution is 7.11. The molecule has 1 amide bonds. The van der Waals surface area contributed by atoms with Gasteiger partial charge in [0.1, 0.15) is 0 Å². The average molecular weight is 364 g/mol. The molecule has 3 heteroatoms. The average Bonchev–Trinajstić information content (AvgIpc) is 3.12. The van der Waals surface area contributed by atoms with Gasteiger partial charge in [-0.25, -0.2) is 0 Å². The summed E-state index contributed by atoms with van der Waals surface area (Å²) in [6, 6.07) is 14.2. The molecule has 1 aromatic carbocycles. The molecular weight excluding hydrogens is 338 g/mol. The molecule has 134 valence electrons. The van der Waals surface area contributed by atoms with E-state index in [0.717, 1.165) is 33.8 Å². The number of hydrogen-bond donors (Lipinski definition) is 1. The topological polar surface area (TPSA) is 29.1 Å². The summed E-state index contributed by atoms with van der Waals surface area (Å²) in [5, 5.41) is 5.59. The van der Waals surface area contributed by atoms with Crippen molar-refractivity contribution >= 4 is 28.9 Å². The predicted octanol–water partition coefficient (Wildman–Crippen LogP) is 5.37. The van der Waals surface area contributed by atoms with E-state index in [1.165, 1.54) is 38.5 Å². The third-order valence-electron chi connectivity index (χ3n) is 6.58. The number of hydrogen-bond acceptors (Lipinski definition) is 2. The Morgan fingerprint density at radius 1 is 0.962 bits per heavy atom. The number of carbonyl (C=O) groups is 1. The Kier molecular flexibility index (Phi) is 4.00. The van der Waals surface area contributed by atoms with Crippen molar-refractivity contribution < 1.29 is 4.79 Å². The van der Waals surface area contributed by atoms with Gasteiger partial charge in [-0.05, 0) is 79.4 Å². The summed E-state index contributed by atoms with van der Waals surface area (Å²) in [4.78, 5) is 14.5. The number of nitrogens with one attached hydrogen (secondary N) is 1. The van der Waals surface area contributed by atoms with Crippen molar-refractivity contribution in [2.45, 2.75) is 44.1 Å². The van der Waals surface area contributed by atoms with Gasteiger partial charge in [0.2, 0.25) is 0 Å². The summed E-state index contributed by atoms with van der Waals surface area (Å²) in [6.45, 7) is 0. The molecule has 1 N–H and O–H groups in total. The molecule has 0 spiro atoms. The summed E-state index contributed by atoms with van der Waals surface area (Å²) < 4.78 is 0. The van der Waals surface area contributed by atoms with Crippen molar-refractivity contribution in [2.24, 2.45) is 17.8 Å². The van der Waals surface area contributed by atoms with Crippen molar-refractivity contribution in [2.75, 3.05) is 0 Å². The first kappa shape index (κ1) is 16.3. The Labute approximate surface area is 159 Å². The van der Waals surface area contributed by atoms with Gasteiger partial charge in [-0.1, -0.05) is 36.4 Å². The highest BCUT2D eigenvalue weighted by Crippen LogP contribution is 2.55. The summed E-state index contributed by atoms with van der Waals surface area (Å²) in [5.74, 6) is 2.61. The Morgan fingerprint density at radius 2 is 1.62 bits per heavy atom. The largest absolute Gasteiger partial charge is 0.347 e. The first-order valence-electron chi connectivity index (χ1n) is 9.82. The summed E-state index contributed by atoms with van der Waals surface area (Å²) in [5.41, 5.74) is 1.85. The number of rotatable bonds is 4. The van der Waals surface area contributed by atoms with Gasteiger partial charge in [0, 0.05) is 16.0 Å².